The van der Waals surface area contributed by atoms with Crippen molar-refractivity contribution in [3.8, 4) is 11.5 Å². The topological polar surface area (TPSA) is 51.6 Å². The first-order chi connectivity index (χ1) is 9.72. The number of benzene rings is 1. The molecule has 2 rings (SSSR count). The monoisotopic (exact) mass is 273 g/mol. The molecule has 1 aromatic heterocycles. The third kappa shape index (κ3) is 3.71. The van der Waals surface area contributed by atoms with Crippen molar-refractivity contribution in [3.63, 3.8) is 0 Å². The number of para-hydroxylation sites is 1. The maximum Gasteiger partial charge on any atom is 0.130 e. The highest BCUT2D eigenvalue weighted by Gasteiger charge is 2.05. The number of hydrogen-bond acceptors (Lipinski definition) is 4. The van der Waals surface area contributed by atoms with Crippen molar-refractivity contribution >= 4 is 0 Å². The summed E-state index contributed by atoms with van der Waals surface area (Å²) in [4.78, 5) is 4.42. The fraction of sp³-hybridized carbons (Fsp3) is 0.312. The first-order valence-corrected chi connectivity index (χ1v) is 6.56. The first kappa shape index (κ1) is 14.3. The summed E-state index contributed by atoms with van der Waals surface area (Å²) in [6.07, 6.45) is 0.584. The van der Waals surface area contributed by atoms with Gasteiger partial charge in [0.1, 0.15) is 18.1 Å². The van der Waals surface area contributed by atoms with Crippen molar-refractivity contribution in [1.29, 1.82) is 0 Å². The number of aryl methyl sites for hydroxylation is 1. The maximum absolute atomic E-state index is 9.05. The van der Waals surface area contributed by atoms with Crippen LogP contribution >= 0.6 is 0 Å². The molecule has 0 saturated heterocycles. The third-order valence-electron chi connectivity index (χ3n) is 2.94. The summed E-state index contributed by atoms with van der Waals surface area (Å²) in [7, 11) is 1.63. The SMILES string of the molecule is COc1cc(C)nc(COc2ccccc2CCO)c1. The molecule has 0 fully saturated rings. The van der Waals surface area contributed by atoms with Crippen LogP contribution in [0.15, 0.2) is 36.4 Å². The zero-order valence-corrected chi connectivity index (χ0v) is 11.8. The Kier molecular flexibility index (Phi) is 4.96. The van der Waals surface area contributed by atoms with Crippen molar-refractivity contribution in [1.82, 2.24) is 4.98 Å². The molecule has 0 saturated carbocycles. The third-order valence-corrected chi connectivity index (χ3v) is 2.94. The molecule has 0 unspecified atom stereocenters. The summed E-state index contributed by atoms with van der Waals surface area (Å²) in [5.41, 5.74) is 2.71. The van der Waals surface area contributed by atoms with Crippen LogP contribution in [0.4, 0.5) is 0 Å². The summed E-state index contributed by atoms with van der Waals surface area (Å²) in [6, 6.07) is 11.4. The lowest BCUT2D eigenvalue weighted by atomic mass is 10.1. The summed E-state index contributed by atoms with van der Waals surface area (Å²) >= 11 is 0. The Hall–Kier alpha value is -2.07. The molecule has 0 aliphatic heterocycles. The normalized spacial score (nSPS) is 10.3. The second-order valence-electron chi connectivity index (χ2n) is 4.51. The summed E-state index contributed by atoms with van der Waals surface area (Å²) in [5.74, 6) is 1.56. The van der Waals surface area contributed by atoms with E-state index < -0.39 is 0 Å². The van der Waals surface area contributed by atoms with Gasteiger partial charge in [0.15, 0.2) is 0 Å². The van der Waals surface area contributed by atoms with Crippen LogP contribution in [0.25, 0.3) is 0 Å². The lowest BCUT2D eigenvalue weighted by molar-refractivity contribution is 0.281. The van der Waals surface area contributed by atoms with Crippen molar-refractivity contribution in [2.75, 3.05) is 13.7 Å². The van der Waals surface area contributed by atoms with Crippen molar-refractivity contribution in [2.45, 2.75) is 20.0 Å². The first-order valence-electron chi connectivity index (χ1n) is 6.56. The van der Waals surface area contributed by atoms with Crippen LogP contribution in [0.1, 0.15) is 17.0 Å². The van der Waals surface area contributed by atoms with Crippen LogP contribution in [0.3, 0.4) is 0 Å². The minimum absolute atomic E-state index is 0.108. The van der Waals surface area contributed by atoms with Gasteiger partial charge in [-0.05, 0) is 25.0 Å². The van der Waals surface area contributed by atoms with Gasteiger partial charge >= 0.3 is 0 Å². The molecular weight excluding hydrogens is 254 g/mol. The number of aliphatic hydroxyl groups excluding tert-OH is 1. The number of ether oxygens (including phenoxy) is 2. The predicted molar refractivity (Wildman–Crippen MR) is 77.1 cm³/mol. The van der Waals surface area contributed by atoms with Gasteiger partial charge in [0, 0.05) is 24.4 Å². The standard InChI is InChI=1S/C16H19NO3/c1-12-9-15(19-2)10-14(17-12)11-20-16-6-4-3-5-13(16)7-8-18/h3-6,9-10,18H,7-8,11H2,1-2H3. The lowest BCUT2D eigenvalue weighted by Gasteiger charge is -2.11. The highest BCUT2D eigenvalue weighted by molar-refractivity contribution is 5.34. The molecule has 0 atom stereocenters. The zero-order valence-electron chi connectivity index (χ0n) is 11.8. The van der Waals surface area contributed by atoms with E-state index in [1.54, 1.807) is 7.11 Å². The second kappa shape index (κ2) is 6.91. The molecule has 0 aliphatic carbocycles. The number of pyridine rings is 1. The van der Waals surface area contributed by atoms with Gasteiger partial charge in [-0.25, -0.2) is 0 Å². The van der Waals surface area contributed by atoms with E-state index >= 15 is 0 Å². The lowest BCUT2D eigenvalue weighted by Crippen LogP contribution is -2.03. The van der Waals surface area contributed by atoms with Crippen LogP contribution < -0.4 is 9.47 Å². The fourth-order valence-electron chi connectivity index (χ4n) is 2.02. The highest BCUT2D eigenvalue weighted by atomic mass is 16.5. The van der Waals surface area contributed by atoms with Gasteiger partial charge < -0.3 is 14.6 Å². The van der Waals surface area contributed by atoms with Crippen LogP contribution in [-0.4, -0.2) is 23.8 Å². The van der Waals surface area contributed by atoms with E-state index in [1.165, 1.54) is 0 Å². The van der Waals surface area contributed by atoms with Gasteiger partial charge in [-0.2, -0.15) is 0 Å². The van der Waals surface area contributed by atoms with Gasteiger partial charge in [-0.1, -0.05) is 18.2 Å². The molecule has 1 heterocycles. The highest BCUT2D eigenvalue weighted by Crippen LogP contribution is 2.20. The van der Waals surface area contributed by atoms with Crippen LogP contribution in [0.2, 0.25) is 0 Å². The molecule has 0 radical (unpaired) electrons. The molecule has 0 spiro atoms. The molecule has 0 bridgehead atoms. The molecule has 1 N–H and O–H groups in total. The predicted octanol–water partition coefficient (Wildman–Crippen LogP) is 2.51. The minimum atomic E-state index is 0.108. The Balaban J connectivity index is 2.10. The van der Waals surface area contributed by atoms with Gasteiger partial charge in [-0.15, -0.1) is 0 Å². The van der Waals surface area contributed by atoms with Crippen molar-refractivity contribution in [3.05, 3.63) is 53.3 Å². The van der Waals surface area contributed by atoms with E-state index in [0.29, 0.717) is 13.0 Å². The number of hydrogen-bond donors (Lipinski definition) is 1. The molecule has 0 amide bonds. The molecule has 4 heteroatoms. The van der Waals surface area contributed by atoms with E-state index in [-0.39, 0.29) is 6.61 Å². The Bertz CT molecular complexity index is 569. The van der Waals surface area contributed by atoms with Crippen LogP contribution in [0, 0.1) is 6.92 Å². The average molecular weight is 273 g/mol. The summed E-state index contributed by atoms with van der Waals surface area (Å²) in [5, 5.41) is 9.05. The van der Waals surface area contributed by atoms with Crippen LogP contribution in [0.5, 0.6) is 11.5 Å². The Morgan fingerprint density at radius 2 is 2.00 bits per heavy atom. The van der Waals surface area contributed by atoms with Gasteiger partial charge in [0.25, 0.3) is 0 Å². The number of methoxy groups -OCH3 is 1. The number of aromatic nitrogens is 1. The molecule has 0 aliphatic rings. The maximum atomic E-state index is 9.05. The van der Waals surface area contributed by atoms with E-state index in [4.69, 9.17) is 14.6 Å². The number of aliphatic hydroxyl groups is 1. The Labute approximate surface area is 119 Å². The number of rotatable bonds is 6. The molecule has 1 aromatic carbocycles. The molecule has 2 aromatic rings. The van der Waals surface area contributed by atoms with E-state index in [1.807, 2.05) is 43.3 Å². The van der Waals surface area contributed by atoms with Crippen LogP contribution in [-0.2, 0) is 13.0 Å². The minimum Gasteiger partial charge on any atom is -0.497 e. The number of nitrogens with zero attached hydrogens (tertiary/aromatic N) is 1. The van der Waals surface area contributed by atoms with Crippen molar-refractivity contribution in [2.24, 2.45) is 0 Å². The quantitative estimate of drug-likeness (QED) is 0.878. The van der Waals surface area contributed by atoms with Crippen molar-refractivity contribution < 1.29 is 14.6 Å². The molecule has 20 heavy (non-hydrogen) atoms. The Morgan fingerprint density at radius 1 is 1.20 bits per heavy atom. The van der Waals surface area contributed by atoms with Gasteiger partial charge in [0.05, 0.1) is 12.8 Å². The molecule has 106 valence electrons. The smallest absolute Gasteiger partial charge is 0.130 e. The van der Waals surface area contributed by atoms with E-state index in [9.17, 15) is 0 Å². The summed E-state index contributed by atoms with van der Waals surface area (Å²) < 4.78 is 11.0. The second-order valence-corrected chi connectivity index (χ2v) is 4.51. The van der Waals surface area contributed by atoms with E-state index in [2.05, 4.69) is 4.98 Å². The van der Waals surface area contributed by atoms with Gasteiger partial charge in [-0.3, -0.25) is 4.98 Å². The molecular formula is C16H19NO3. The summed E-state index contributed by atoms with van der Waals surface area (Å²) in [6.45, 7) is 2.41. The Morgan fingerprint density at radius 3 is 2.75 bits per heavy atom. The van der Waals surface area contributed by atoms with Gasteiger partial charge in [0.2, 0.25) is 0 Å². The van der Waals surface area contributed by atoms with E-state index in [0.717, 1.165) is 28.5 Å². The largest absolute Gasteiger partial charge is 0.497 e. The fourth-order valence-corrected chi connectivity index (χ4v) is 2.02. The molecule has 4 nitrogen and oxygen atoms in total. The zero-order chi connectivity index (χ0) is 14.4. The average Bonchev–Trinajstić information content (AvgIpc) is 2.46.